The van der Waals surface area contributed by atoms with Crippen LogP contribution in [0.4, 0.5) is 8.78 Å². The van der Waals surface area contributed by atoms with Gasteiger partial charge in [-0.1, -0.05) is 23.2 Å². The van der Waals surface area contributed by atoms with Crippen molar-refractivity contribution in [2.45, 2.75) is 6.61 Å². The molecule has 0 aromatic heterocycles. The number of alkyl halides is 2. The Kier molecular flexibility index (Phi) is 3.71. The summed E-state index contributed by atoms with van der Waals surface area (Å²) in [6.45, 7) is -3.11. The van der Waals surface area contributed by atoms with Gasteiger partial charge in [0.05, 0.1) is 10.0 Å². The average Bonchev–Trinajstić information content (AvgIpc) is 2.10. The molecule has 0 heterocycles. The van der Waals surface area contributed by atoms with E-state index in [1.807, 2.05) is 0 Å². The summed E-state index contributed by atoms with van der Waals surface area (Å²) in [5, 5.41) is -0.254. The van der Waals surface area contributed by atoms with Gasteiger partial charge in [-0.25, -0.2) is 0 Å². The fourth-order valence-electron chi connectivity index (χ4n) is 0.967. The summed E-state index contributed by atoms with van der Waals surface area (Å²) in [6.07, 6.45) is 0. The van der Waals surface area contributed by atoms with E-state index in [-0.39, 0.29) is 15.6 Å². The fourth-order valence-corrected chi connectivity index (χ4v) is 1.41. The predicted molar refractivity (Wildman–Crippen MR) is 51.6 cm³/mol. The van der Waals surface area contributed by atoms with Crippen molar-refractivity contribution in [3.05, 3.63) is 27.7 Å². The Balaban J connectivity index is 3.31. The second kappa shape index (κ2) is 4.63. The molecule has 0 fully saturated rings. The summed E-state index contributed by atoms with van der Waals surface area (Å²) >= 11 is 11.2. The van der Waals surface area contributed by atoms with Crippen LogP contribution in [0.25, 0.3) is 0 Å². The number of hydrogen-bond donors (Lipinski definition) is 1. The second-order valence-corrected chi connectivity index (χ2v) is 3.29. The first-order valence-electron chi connectivity index (χ1n) is 3.66. The average molecular weight is 256 g/mol. The topological polar surface area (TPSA) is 52.3 Å². The number of benzene rings is 1. The molecular weight excluding hydrogens is 251 g/mol. The first kappa shape index (κ1) is 12.0. The van der Waals surface area contributed by atoms with Gasteiger partial charge < -0.3 is 10.5 Å². The summed E-state index contributed by atoms with van der Waals surface area (Å²) in [5.41, 5.74) is 4.60. The van der Waals surface area contributed by atoms with Gasteiger partial charge in [-0.15, -0.1) is 0 Å². The number of hydrogen-bond acceptors (Lipinski definition) is 2. The van der Waals surface area contributed by atoms with Crippen molar-refractivity contribution in [3.8, 4) is 5.75 Å². The van der Waals surface area contributed by atoms with E-state index in [1.165, 1.54) is 12.1 Å². The molecule has 1 aromatic carbocycles. The summed E-state index contributed by atoms with van der Waals surface area (Å²) in [5.74, 6) is -1.50. The van der Waals surface area contributed by atoms with Crippen LogP contribution in [0.3, 0.4) is 0 Å². The zero-order chi connectivity index (χ0) is 11.6. The number of primary amides is 1. The van der Waals surface area contributed by atoms with E-state index in [9.17, 15) is 13.6 Å². The van der Waals surface area contributed by atoms with Gasteiger partial charge in [-0.2, -0.15) is 8.78 Å². The molecule has 0 aliphatic carbocycles. The maximum Gasteiger partial charge on any atom is 0.387 e. The molecule has 0 atom stereocenters. The normalized spacial score (nSPS) is 10.5. The third-order valence-corrected chi connectivity index (χ3v) is 2.12. The van der Waals surface area contributed by atoms with Crippen LogP contribution in [0.1, 0.15) is 10.4 Å². The molecule has 1 amide bonds. The lowest BCUT2D eigenvalue weighted by Gasteiger charge is -2.11. The summed E-state index contributed by atoms with van der Waals surface area (Å²) in [6, 6.07) is 2.50. The quantitative estimate of drug-likeness (QED) is 0.903. The van der Waals surface area contributed by atoms with Crippen LogP contribution in [0.5, 0.6) is 5.75 Å². The Labute approximate surface area is 93.7 Å². The molecule has 15 heavy (non-hydrogen) atoms. The lowest BCUT2D eigenvalue weighted by atomic mass is 10.2. The highest BCUT2D eigenvalue weighted by molar-refractivity contribution is 6.37. The van der Waals surface area contributed by atoms with Crippen LogP contribution < -0.4 is 10.5 Å². The minimum absolute atomic E-state index is 0.0949. The number of carbonyl (C=O) groups is 1. The van der Waals surface area contributed by atoms with Crippen LogP contribution in [-0.4, -0.2) is 12.5 Å². The molecule has 0 spiro atoms. The van der Waals surface area contributed by atoms with E-state index in [1.54, 1.807) is 0 Å². The van der Waals surface area contributed by atoms with E-state index in [2.05, 4.69) is 4.74 Å². The maximum absolute atomic E-state index is 12.0. The zero-order valence-electron chi connectivity index (χ0n) is 7.14. The van der Waals surface area contributed by atoms with E-state index in [4.69, 9.17) is 28.9 Å². The Morgan fingerprint density at radius 3 is 2.33 bits per heavy atom. The molecule has 3 nitrogen and oxygen atoms in total. The molecule has 0 bridgehead atoms. The predicted octanol–water partition coefficient (Wildman–Crippen LogP) is 2.69. The Bertz CT molecular complexity index is 398. The minimum Gasteiger partial charge on any atom is -0.432 e. The maximum atomic E-state index is 12.0. The van der Waals surface area contributed by atoms with Crippen LogP contribution in [-0.2, 0) is 0 Å². The van der Waals surface area contributed by atoms with Crippen molar-refractivity contribution in [1.82, 2.24) is 0 Å². The first-order chi connectivity index (χ1) is 6.93. The smallest absolute Gasteiger partial charge is 0.387 e. The second-order valence-electron chi connectivity index (χ2n) is 2.48. The summed E-state index contributed by atoms with van der Waals surface area (Å²) < 4.78 is 28.1. The van der Waals surface area contributed by atoms with Crippen LogP contribution in [0.15, 0.2) is 12.1 Å². The molecule has 0 saturated heterocycles. The highest BCUT2D eigenvalue weighted by atomic mass is 35.5. The van der Waals surface area contributed by atoms with Crippen molar-refractivity contribution in [2.75, 3.05) is 0 Å². The van der Waals surface area contributed by atoms with Gasteiger partial charge >= 0.3 is 6.61 Å². The lowest BCUT2D eigenvalue weighted by molar-refractivity contribution is -0.0500. The molecule has 0 radical (unpaired) electrons. The van der Waals surface area contributed by atoms with Gasteiger partial charge in [-0.05, 0) is 12.1 Å². The van der Waals surface area contributed by atoms with E-state index in [0.717, 1.165) is 0 Å². The van der Waals surface area contributed by atoms with Gasteiger partial charge in [-0.3, -0.25) is 4.79 Å². The standard InChI is InChI=1S/C8H5Cl2F2NO2/c9-3-1-2-4(10)6(15-8(11)12)5(3)7(13)14/h1-2,8H,(H2,13,14). The zero-order valence-corrected chi connectivity index (χ0v) is 8.65. The summed E-state index contributed by atoms with van der Waals surface area (Å²) in [4.78, 5) is 10.9. The SMILES string of the molecule is NC(=O)c1c(Cl)ccc(Cl)c1OC(F)F. The van der Waals surface area contributed by atoms with Gasteiger partial charge in [0.15, 0.2) is 5.75 Å². The summed E-state index contributed by atoms with van der Waals surface area (Å²) in [7, 11) is 0. The van der Waals surface area contributed by atoms with Crippen molar-refractivity contribution < 1.29 is 18.3 Å². The molecule has 2 N–H and O–H groups in total. The van der Waals surface area contributed by atoms with Crippen molar-refractivity contribution >= 4 is 29.1 Å². The number of amides is 1. The molecule has 0 saturated carbocycles. The van der Waals surface area contributed by atoms with Gasteiger partial charge in [0.2, 0.25) is 0 Å². The highest BCUT2D eigenvalue weighted by Gasteiger charge is 2.20. The van der Waals surface area contributed by atoms with Gasteiger partial charge in [0.1, 0.15) is 5.56 Å². The Hall–Kier alpha value is -1.07. The molecule has 0 aliphatic heterocycles. The number of ether oxygens (including phenoxy) is 1. The Morgan fingerprint density at radius 1 is 1.33 bits per heavy atom. The minimum atomic E-state index is -3.11. The first-order valence-corrected chi connectivity index (χ1v) is 4.41. The lowest BCUT2D eigenvalue weighted by Crippen LogP contribution is -2.15. The number of carbonyl (C=O) groups excluding carboxylic acids is 1. The third kappa shape index (κ3) is 2.70. The molecule has 0 unspecified atom stereocenters. The van der Waals surface area contributed by atoms with Crippen molar-refractivity contribution in [2.24, 2.45) is 5.73 Å². The van der Waals surface area contributed by atoms with E-state index < -0.39 is 18.3 Å². The van der Waals surface area contributed by atoms with Gasteiger partial charge in [0.25, 0.3) is 5.91 Å². The highest BCUT2D eigenvalue weighted by Crippen LogP contribution is 2.34. The van der Waals surface area contributed by atoms with Gasteiger partial charge in [0, 0.05) is 0 Å². The molecular formula is C8H5Cl2F2NO2. The molecule has 0 aliphatic rings. The van der Waals surface area contributed by atoms with E-state index in [0.29, 0.717) is 0 Å². The molecule has 82 valence electrons. The molecule has 1 rings (SSSR count). The van der Waals surface area contributed by atoms with Crippen LogP contribution in [0.2, 0.25) is 10.0 Å². The monoisotopic (exact) mass is 255 g/mol. The van der Waals surface area contributed by atoms with Crippen molar-refractivity contribution in [3.63, 3.8) is 0 Å². The van der Waals surface area contributed by atoms with Crippen LogP contribution >= 0.6 is 23.2 Å². The third-order valence-electron chi connectivity index (χ3n) is 1.51. The Morgan fingerprint density at radius 2 is 1.87 bits per heavy atom. The van der Waals surface area contributed by atoms with E-state index >= 15 is 0 Å². The number of halogens is 4. The van der Waals surface area contributed by atoms with Crippen molar-refractivity contribution in [1.29, 1.82) is 0 Å². The number of nitrogens with two attached hydrogens (primary N) is 1. The molecule has 1 aromatic rings. The largest absolute Gasteiger partial charge is 0.432 e. The number of rotatable bonds is 3. The van der Waals surface area contributed by atoms with Crippen LogP contribution in [0, 0.1) is 0 Å². The molecule has 7 heteroatoms. The fraction of sp³-hybridized carbons (Fsp3) is 0.125.